The first-order chi connectivity index (χ1) is 10.4. The number of nitrogen functional groups attached to an aromatic ring is 2. The van der Waals surface area contributed by atoms with Crippen molar-refractivity contribution >= 4 is 67.2 Å². The molecule has 0 fully saturated rings. The Kier molecular flexibility index (Phi) is 10.2. The van der Waals surface area contributed by atoms with E-state index in [-0.39, 0.29) is 17.7 Å². The van der Waals surface area contributed by atoms with Crippen molar-refractivity contribution in [2.45, 2.75) is 19.7 Å². The molecule has 2 heterocycles. The molecule has 0 unspecified atom stereocenters. The first kappa shape index (κ1) is 21.4. The molecule has 0 saturated carbocycles. The van der Waals surface area contributed by atoms with Crippen LogP contribution in [0.1, 0.15) is 17.2 Å². The number of nitrogens with one attached hydrogen (secondary N) is 2. The van der Waals surface area contributed by atoms with Crippen LogP contribution < -0.4 is 28.3 Å². The van der Waals surface area contributed by atoms with E-state index in [1.54, 1.807) is 12.4 Å². The highest BCUT2D eigenvalue weighted by Gasteiger charge is 1.99. The number of thiocarbonyl (C=S) groups is 1. The second-order valence-electron chi connectivity index (χ2n) is 3.70. The van der Waals surface area contributed by atoms with Gasteiger partial charge in [0.2, 0.25) is 0 Å². The lowest BCUT2D eigenvalue weighted by atomic mass is 10.5. The number of anilines is 2. The predicted octanol–water partition coefficient (Wildman–Crippen LogP) is 1.55. The maximum atomic E-state index is 6.94. The summed E-state index contributed by atoms with van der Waals surface area (Å²) in [5.41, 5.74) is 21.2. The summed E-state index contributed by atoms with van der Waals surface area (Å²) >= 11 is 8.74. The van der Waals surface area contributed by atoms with Gasteiger partial charge in [0.1, 0.15) is 0 Å². The van der Waals surface area contributed by atoms with Gasteiger partial charge in [0, 0.05) is 27.9 Å². The number of nitrogens with zero attached hydrogens (tertiary/aromatic N) is 2. The van der Waals surface area contributed by atoms with Gasteiger partial charge in [-0.25, -0.2) is 9.97 Å². The van der Waals surface area contributed by atoms with Crippen molar-refractivity contribution < 1.29 is 0 Å². The van der Waals surface area contributed by atoms with Gasteiger partial charge in [-0.15, -0.1) is 22.7 Å². The van der Waals surface area contributed by atoms with Crippen LogP contribution in [0.25, 0.3) is 0 Å². The fraction of sp³-hybridized carbons (Fsp3) is 0.273. The van der Waals surface area contributed by atoms with Gasteiger partial charge in [0.15, 0.2) is 20.5 Å². The monoisotopic (exact) mass is 392 g/mol. The summed E-state index contributed by atoms with van der Waals surface area (Å²) in [6.45, 7) is 0.601. The zero-order valence-electron chi connectivity index (χ0n) is 11.4. The third-order valence-electron chi connectivity index (χ3n) is 1.95. The van der Waals surface area contributed by atoms with Crippen molar-refractivity contribution in [3.8, 4) is 0 Å². The maximum absolute atomic E-state index is 6.94. The molecule has 0 aliphatic carbocycles. The zero-order valence-corrected chi connectivity index (χ0v) is 14.7. The highest BCUT2D eigenvalue weighted by molar-refractivity contribution is 8.13. The Bertz CT molecular complexity index is 569. The molecule has 0 aliphatic rings. The Balaban J connectivity index is 0.000000403. The number of amidine groups is 1. The molecular formula is C11H20N8S4. The van der Waals surface area contributed by atoms with Crippen LogP contribution in [0.15, 0.2) is 12.4 Å². The van der Waals surface area contributed by atoms with Crippen LogP contribution in [-0.2, 0) is 12.3 Å². The molecule has 2 rings (SSSR count). The molecule has 0 aromatic carbocycles. The smallest absolute Gasteiger partial charge is 0.180 e. The van der Waals surface area contributed by atoms with Gasteiger partial charge in [0.05, 0.1) is 6.54 Å². The van der Waals surface area contributed by atoms with E-state index in [1.165, 1.54) is 34.4 Å². The van der Waals surface area contributed by atoms with E-state index in [0.29, 0.717) is 22.6 Å². The van der Waals surface area contributed by atoms with Gasteiger partial charge in [-0.2, -0.15) is 0 Å². The lowest BCUT2D eigenvalue weighted by Crippen LogP contribution is -2.27. The van der Waals surface area contributed by atoms with Crippen LogP contribution in [0.2, 0.25) is 0 Å². The van der Waals surface area contributed by atoms with E-state index in [4.69, 9.17) is 28.3 Å². The minimum Gasteiger partial charge on any atom is -0.379 e. The summed E-state index contributed by atoms with van der Waals surface area (Å²) in [4.78, 5) is 9.80. The molecule has 10 N–H and O–H groups in total. The third kappa shape index (κ3) is 9.89. The van der Waals surface area contributed by atoms with Gasteiger partial charge < -0.3 is 28.3 Å². The van der Waals surface area contributed by atoms with Gasteiger partial charge >= 0.3 is 0 Å². The zero-order chi connectivity index (χ0) is 16.5. The molecule has 2 aromatic heterocycles. The van der Waals surface area contributed by atoms with Crippen LogP contribution in [0.4, 0.5) is 10.3 Å². The van der Waals surface area contributed by atoms with Crippen LogP contribution in [-0.4, -0.2) is 20.2 Å². The molecular weight excluding hydrogens is 372 g/mol. The molecule has 0 spiro atoms. The fourth-order valence-electron chi connectivity index (χ4n) is 1.12. The predicted molar refractivity (Wildman–Crippen MR) is 107 cm³/mol. The molecule has 0 bridgehead atoms. The second-order valence-corrected chi connectivity index (χ2v) is 7.45. The molecule has 2 aromatic rings. The quantitative estimate of drug-likeness (QED) is 0.257. The number of nitrogens with two attached hydrogens (primary N) is 4. The van der Waals surface area contributed by atoms with Crippen molar-refractivity contribution in [1.82, 2.24) is 15.3 Å². The van der Waals surface area contributed by atoms with Gasteiger partial charge in [0.25, 0.3) is 0 Å². The average molecular weight is 393 g/mol. The summed E-state index contributed by atoms with van der Waals surface area (Å²) in [7, 11) is 0. The van der Waals surface area contributed by atoms with Crippen molar-refractivity contribution in [2.75, 3.05) is 11.5 Å². The molecule has 0 aliphatic heterocycles. The molecule has 8 nitrogen and oxygen atoms in total. The minimum atomic E-state index is 0. The summed E-state index contributed by atoms with van der Waals surface area (Å²) < 4.78 is 0. The molecule has 23 heavy (non-hydrogen) atoms. The van der Waals surface area contributed by atoms with E-state index in [9.17, 15) is 0 Å². The molecule has 0 atom stereocenters. The Labute approximate surface area is 152 Å². The van der Waals surface area contributed by atoms with E-state index in [0.717, 1.165) is 9.75 Å². The van der Waals surface area contributed by atoms with Gasteiger partial charge in [-0.3, -0.25) is 5.41 Å². The lowest BCUT2D eigenvalue weighted by molar-refractivity contribution is 0.936. The maximum Gasteiger partial charge on any atom is 0.180 e. The third-order valence-corrected chi connectivity index (χ3v) is 4.70. The van der Waals surface area contributed by atoms with Crippen molar-refractivity contribution in [1.29, 1.82) is 5.41 Å². The fourth-order valence-corrected chi connectivity index (χ4v) is 3.08. The topological polar surface area (TPSA) is 166 Å². The highest BCUT2D eigenvalue weighted by atomic mass is 32.2. The normalized spacial score (nSPS) is 9.22. The Morgan fingerprint density at radius 3 is 2.09 bits per heavy atom. The Morgan fingerprint density at radius 2 is 1.70 bits per heavy atom. The number of aromatic nitrogens is 2. The molecule has 128 valence electrons. The van der Waals surface area contributed by atoms with Crippen molar-refractivity contribution in [2.24, 2.45) is 11.5 Å². The molecule has 0 amide bonds. The van der Waals surface area contributed by atoms with Crippen LogP contribution in [0, 0.1) is 5.41 Å². The molecule has 0 radical (unpaired) electrons. The standard InChI is InChI=1S/2C5H8N4S2.CH4/c6-4(10)8-1-3-2-9-5(7)11-3;6-4(7)10-2-3-1-9-5(8)11-3;/h2H,1H2,(H2,7,9)(H3,6,8,10);1H,2H2,(H3,6,7)(H2,8,9);1H4. The van der Waals surface area contributed by atoms with Gasteiger partial charge in [-0.05, 0) is 12.2 Å². The van der Waals surface area contributed by atoms with E-state index < -0.39 is 0 Å². The summed E-state index contributed by atoms with van der Waals surface area (Å²) in [5, 5.41) is 11.3. The largest absolute Gasteiger partial charge is 0.379 e. The SMILES string of the molecule is C.N=C(N)SCc1cnc(N)s1.NC(=S)NCc1cnc(N)s1. The van der Waals surface area contributed by atoms with Crippen molar-refractivity contribution in [3.63, 3.8) is 0 Å². The Morgan fingerprint density at radius 1 is 1.17 bits per heavy atom. The van der Waals surface area contributed by atoms with Crippen LogP contribution in [0.5, 0.6) is 0 Å². The van der Waals surface area contributed by atoms with Crippen LogP contribution in [0.3, 0.4) is 0 Å². The van der Waals surface area contributed by atoms with Crippen LogP contribution >= 0.6 is 46.7 Å². The molecule has 12 heteroatoms. The second kappa shape index (κ2) is 11.0. The number of hydrogen-bond donors (Lipinski definition) is 6. The highest BCUT2D eigenvalue weighted by Crippen LogP contribution is 2.19. The number of hydrogen-bond acceptors (Lipinski definition) is 9. The summed E-state index contributed by atoms with van der Waals surface area (Å²) in [6.07, 6.45) is 3.40. The summed E-state index contributed by atoms with van der Waals surface area (Å²) in [5.74, 6) is 0.685. The number of rotatable bonds is 4. The number of thiazole rings is 2. The number of thioether (sulfide) groups is 1. The minimum absolute atomic E-state index is 0. The summed E-state index contributed by atoms with van der Waals surface area (Å²) in [6, 6.07) is 0. The average Bonchev–Trinajstić information content (AvgIpc) is 3.03. The van der Waals surface area contributed by atoms with Gasteiger partial charge in [-0.1, -0.05) is 19.2 Å². The lowest BCUT2D eigenvalue weighted by Gasteiger charge is -1.98. The first-order valence-corrected chi connectivity index (χ1v) is 8.80. The van der Waals surface area contributed by atoms with E-state index >= 15 is 0 Å². The van der Waals surface area contributed by atoms with E-state index in [2.05, 4.69) is 27.5 Å². The first-order valence-electron chi connectivity index (χ1n) is 5.77. The van der Waals surface area contributed by atoms with Crippen molar-refractivity contribution in [3.05, 3.63) is 22.1 Å². The van der Waals surface area contributed by atoms with E-state index in [1.807, 2.05) is 0 Å². The molecule has 0 saturated heterocycles. The Hall–Kier alpha value is -1.63.